The zero-order valence-corrected chi connectivity index (χ0v) is 18.1. The van der Waals surface area contributed by atoms with Gasteiger partial charge in [0.25, 0.3) is 5.91 Å². The molecule has 0 bridgehead atoms. The van der Waals surface area contributed by atoms with Crippen LogP contribution in [0, 0.1) is 17.5 Å². The average molecular weight is 458 g/mol. The number of benzene rings is 2. The maximum Gasteiger partial charge on any atom is 0.254 e. The number of hydrogen-bond acceptors (Lipinski definition) is 4. The fraction of sp³-hybridized carbons (Fsp3) is 0.333. The smallest absolute Gasteiger partial charge is 0.254 e. The zero-order valence-electron chi connectivity index (χ0n) is 18.1. The van der Waals surface area contributed by atoms with Gasteiger partial charge in [0.15, 0.2) is 11.6 Å². The van der Waals surface area contributed by atoms with Crippen LogP contribution in [0.5, 0.6) is 0 Å². The van der Waals surface area contributed by atoms with Crippen LogP contribution in [0.15, 0.2) is 54.9 Å². The Kier molecular flexibility index (Phi) is 7.41. The Morgan fingerprint density at radius 3 is 2.52 bits per heavy atom. The molecule has 1 saturated heterocycles. The van der Waals surface area contributed by atoms with E-state index in [9.17, 15) is 18.0 Å². The number of nitrogens with zero attached hydrogens (tertiary/aromatic N) is 4. The molecule has 0 atom stereocenters. The Morgan fingerprint density at radius 2 is 1.79 bits per heavy atom. The predicted octanol–water partition coefficient (Wildman–Crippen LogP) is 3.32. The zero-order chi connectivity index (χ0) is 23.2. The van der Waals surface area contributed by atoms with Gasteiger partial charge in [-0.3, -0.25) is 9.69 Å². The number of ether oxygens (including phenoxy) is 1. The van der Waals surface area contributed by atoms with Crippen LogP contribution >= 0.6 is 0 Å². The van der Waals surface area contributed by atoms with Gasteiger partial charge in [-0.05, 0) is 42.0 Å². The number of amides is 1. The molecule has 33 heavy (non-hydrogen) atoms. The molecular formula is C24H25F3N4O2. The summed E-state index contributed by atoms with van der Waals surface area (Å²) >= 11 is 0. The van der Waals surface area contributed by atoms with Crippen molar-refractivity contribution in [3.05, 3.63) is 89.3 Å². The van der Waals surface area contributed by atoms with Crippen LogP contribution in [0.25, 0.3) is 0 Å². The van der Waals surface area contributed by atoms with Crippen molar-refractivity contribution in [3.63, 3.8) is 0 Å². The van der Waals surface area contributed by atoms with Crippen LogP contribution in [-0.4, -0.2) is 64.7 Å². The molecule has 0 saturated carbocycles. The number of carbonyl (C=O) groups excluding carboxylic acids is 1. The number of morpholine rings is 1. The summed E-state index contributed by atoms with van der Waals surface area (Å²) in [7, 11) is 0. The van der Waals surface area contributed by atoms with Crippen molar-refractivity contribution in [1.82, 2.24) is 19.4 Å². The van der Waals surface area contributed by atoms with E-state index in [1.807, 2.05) is 0 Å². The lowest BCUT2D eigenvalue weighted by Gasteiger charge is -2.30. The summed E-state index contributed by atoms with van der Waals surface area (Å²) in [6.07, 6.45) is 3.34. The van der Waals surface area contributed by atoms with Crippen molar-refractivity contribution in [2.75, 3.05) is 39.4 Å². The standard InChI is InChI=1S/C24H25F3N4O2/c25-20-4-2-19(3-5-20)24(32)31(10-9-29-11-13-33-14-12-29)17-23-28-7-8-30(23)16-18-1-6-21(26)22(27)15-18/h1-8,15H,9-14,16-17H2. The molecule has 0 radical (unpaired) electrons. The summed E-state index contributed by atoms with van der Waals surface area (Å²) in [5.41, 5.74) is 0.968. The molecule has 0 aliphatic carbocycles. The predicted molar refractivity (Wildman–Crippen MR) is 116 cm³/mol. The summed E-state index contributed by atoms with van der Waals surface area (Å²) < 4.78 is 47.4. The van der Waals surface area contributed by atoms with Gasteiger partial charge in [-0.15, -0.1) is 0 Å². The maximum atomic E-state index is 13.6. The Labute approximate surface area is 190 Å². The highest BCUT2D eigenvalue weighted by molar-refractivity contribution is 5.94. The topological polar surface area (TPSA) is 50.6 Å². The molecule has 1 aliphatic heterocycles. The largest absolute Gasteiger partial charge is 0.379 e. The van der Waals surface area contributed by atoms with Gasteiger partial charge in [0.2, 0.25) is 0 Å². The molecule has 0 N–H and O–H groups in total. The molecule has 1 amide bonds. The molecule has 3 aromatic rings. The molecular weight excluding hydrogens is 433 g/mol. The number of hydrogen-bond donors (Lipinski definition) is 0. The van der Waals surface area contributed by atoms with Crippen molar-refractivity contribution in [3.8, 4) is 0 Å². The highest BCUT2D eigenvalue weighted by Crippen LogP contribution is 2.14. The SMILES string of the molecule is O=C(c1ccc(F)cc1)N(CCN1CCOCC1)Cc1nccn1Cc1ccc(F)c(F)c1. The first kappa shape index (κ1) is 23.0. The van der Waals surface area contributed by atoms with E-state index in [0.29, 0.717) is 43.3 Å². The number of imidazole rings is 1. The van der Waals surface area contributed by atoms with Crippen molar-refractivity contribution in [1.29, 1.82) is 0 Å². The fourth-order valence-corrected chi connectivity index (χ4v) is 3.76. The van der Waals surface area contributed by atoms with Gasteiger partial charge in [0.05, 0.1) is 19.8 Å². The molecule has 0 spiro atoms. The molecule has 1 fully saturated rings. The highest BCUT2D eigenvalue weighted by atomic mass is 19.2. The van der Waals surface area contributed by atoms with Crippen LogP contribution in [0.1, 0.15) is 21.7 Å². The normalized spacial score (nSPS) is 14.4. The van der Waals surface area contributed by atoms with Gasteiger partial charge in [-0.25, -0.2) is 18.2 Å². The molecule has 0 unspecified atom stereocenters. The van der Waals surface area contributed by atoms with E-state index in [0.717, 1.165) is 25.2 Å². The van der Waals surface area contributed by atoms with Crippen LogP contribution in [-0.2, 0) is 17.8 Å². The van der Waals surface area contributed by atoms with Crippen molar-refractivity contribution in [2.24, 2.45) is 0 Å². The average Bonchev–Trinajstić information content (AvgIpc) is 3.26. The molecule has 4 rings (SSSR count). The Hall–Kier alpha value is -3.17. The second-order valence-corrected chi connectivity index (χ2v) is 7.91. The van der Waals surface area contributed by atoms with E-state index in [1.54, 1.807) is 21.9 Å². The third-order valence-corrected chi connectivity index (χ3v) is 5.64. The molecule has 2 heterocycles. The lowest BCUT2D eigenvalue weighted by atomic mass is 10.2. The fourth-order valence-electron chi connectivity index (χ4n) is 3.76. The van der Waals surface area contributed by atoms with E-state index in [1.165, 1.54) is 30.3 Å². The van der Waals surface area contributed by atoms with E-state index in [4.69, 9.17) is 4.74 Å². The Bertz CT molecular complexity index is 1080. The minimum atomic E-state index is -0.909. The van der Waals surface area contributed by atoms with Gasteiger partial charge < -0.3 is 14.2 Å². The quantitative estimate of drug-likeness (QED) is 0.520. The van der Waals surface area contributed by atoms with Crippen LogP contribution < -0.4 is 0 Å². The van der Waals surface area contributed by atoms with Crippen molar-refractivity contribution in [2.45, 2.75) is 13.1 Å². The van der Waals surface area contributed by atoms with Gasteiger partial charge in [0, 0.05) is 50.7 Å². The summed E-state index contributed by atoms with van der Waals surface area (Å²) in [4.78, 5) is 21.5. The van der Waals surface area contributed by atoms with E-state index in [2.05, 4.69) is 9.88 Å². The Morgan fingerprint density at radius 1 is 1.03 bits per heavy atom. The van der Waals surface area contributed by atoms with Crippen LogP contribution in [0.4, 0.5) is 13.2 Å². The number of carbonyl (C=O) groups is 1. The van der Waals surface area contributed by atoms with Crippen molar-refractivity contribution >= 4 is 5.91 Å². The van der Waals surface area contributed by atoms with E-state index >= 15 is 0 Å². The van der Waals surface area contributed by atoms with E-state index in [-0.39, 0.29) is 19.0 Å². The molecule has 174 valence electrons. The molecule has 2 aromatic carbocycles. The Balaban J connectivity index is 1.51. The summed E-state index contributed by atoms with van der Waals surface area (Å²) in [6.45, 7) is 4.53. The molecule has 9 heteroatoms. The lowest BCUT2D eigenvalue weighted by molar-refractivity contribution is 0.0318. The van der Waals surface area contributed by atoms with Crippen LogP contribution in [0.2, 0.25) is 0 Å². The number of rotatable bonds is 8. The minimum absolute atomic E-state index is 0.219. The third-order valence-electron chi connectivity index (χ3n) is 5.64. The van der Waals surface area contributed by atoms with E-state index < -0.39 is 17.5 Å². The molecule has 1 aromatic heterocycles. The van der Waals surface area contributed by atoms with Gasteiger partial charge in [-0.1, -0.05) is 6.07 Å². The molecule has 1 aliphatic rings. The van der Waals surface area contributed by atoms with Gasteiger partial charge in [0.1, 0.15) is 11.6 Å². The second kappa shape index (κ2) is 10.6. The number of aromatic nitrogens is 2. The summed E-state index contributed by atoms with van der Waals surface area (Å²) in [5.74, 6) is -1.84. The first-order valence-corrected chi connectivity index (χ1v) is 10.8. The van der Waals surface area contributed by atoms with Gasteiger partial charge >= 0.3 is 0 Å². The first-order valence-electron chi connectivity index (χ1n) is 10.8. The minimum Gasteiger partial charge on any atom is -0.379 e. The van der Waals surface area contributed by atoms with Crippen LogP contribution in [0.3, 0.4) is 0 Å². The summed E-state index contributed by atoms with van der Waals surface area (Å²) in [6, 6.07) is 9.21. The summed E-state index contributed by atoms with van der Waals surface area (Å²) in [5, 5.41) is 0. The number of halogens is 3. The highest BCUT2D eigenvalue weighted by Gasteiger charge is 2.20. The lowest BCUT2D eigenvalue weighted by Crippen LogP contribution is -2.43. The van der Waals surface area contributed by atoms with Gasteiger partial charge in [-0.2, -0.15) is 0 Å². The van der Waals surface area contributed by atoms with Crippen molar-refractivity contribution < 1.29 is 22.7 Å². The maximum absolute atomic E-state index is 13.6. The molecule has 6 nitrogen and oxygen atoms in total. The monoisotopic (exact) mass is 458 g/mol. The third kappa shape index (κ3) is 6.00. The first-order chi connectivity index (χ1) is 16.0. The second-order valence-electron chi connectivity index (χ2n) is 7.91.